The number of rotatable bonds is 4. The van der Waals surface area contributed by atoms with Crippen molar-refractivity contribution in [2.45, 2.75) is 6.42 Å². The van der Waals surface area contributed by atoms with Crippen LogP contribution in [0.5, 0.6) is 0 Å². The van der Waals surface area contributed by atoms with Gasteiger partial charge in [-0.1, -0.05) is 42.1 Å². The molecule has 1 aliphatic heterocycles. The summed E-state index contributed by atoms with van der Waals surface area (Å²) in [5, 5.41) is 11.8. The van der Waals surface area contributed by atoms with Crippen LogP contribution in [-0.4, -0.2) is 22.4 Å². The molecule has 116 valence electrons. The van der Waals surface area contributed by atoms with Crippen LogP contribution in [0.4, 0.5) is 10.1 Å². The average molecular weight is 327 g/mol. The fraction of sp³-hybridized carbons (Fsp3) is 0.118. The molecule has 4 nitrogen and oxygen atoms in total. The number of thioether (sulfide) groups is 1. The molecule has 1 N–H and O–H groups in total. The summed E-state index contributed by atoms with van der Waals surface area (Å²) in [5.74, 6) is -0.0838. The zero-order chi connectivity index (χ0) is 16.1. The highest BCUT2D eigenvalue weighted by Crippen LogP contribution is 2.19. The van der Waals surface area contributed by atoms with Gasteiger partial charge in [0.1, 0.15) is 10.9 Å². The minimum Gasteiger partial charge on any atom is -0.325 e. The number of benzene rings is 2. The van der Waals surface area contributed by atoms with E-state index < -0.39 is 0 Å². The first-order valence-electron chi connectivity index (χ1n) is 7.08. The van der Waals surface area contributed by atoms with Crippen LogP contribution < -0.4 is 5.32 Å². The monoisotopic (exact) mass is 327 g/mol. The van der Waals surface area contributed by atoms with E-state index in [2.05, 4.69) is 15.5 Å². The van der Waals surface area contributed by atoms with Gasteiger partial charge in [0.25, 0.3) is 0 Å². The minimum atomic E-state index is -0.277. The quantitative estimate of drug-likeness (QED) is 0.931. The molecule has 1 amide bonds. The smallest absolute Gasteiger partial charge is 0.234 e. The lowest BCUT2D eigenvalue weighted by Gasteiger charge is -2.04. The van der Waals surface area contributed by atoms with Crippen LogP contribution in [0.2, 0.25) is 0 Å². The van der Waals surface area contributed by atoms with Crippen molar-refractivity contribution in [1.29, 1.82) is 0 Å². The zero-order valence-corrected chi connectivity index (χ0v) is 13.0. The lowest BCUT2D eigenvalue weighted by Crippen LogP contribution is -2.15. The topological polar surface area (TPSA) is 53.8 Å². The number of halogens is 1. The maximum Gasteiger partial charge on any atom is 0.234 e. The summed E-state index contributed by atoms with van der Waals surface area (Å²) in [6.07, 6.45) is 0.564. The SMILES string of the molecule is O=C(CSC1=NN=C(c2ccc(F)cc2)C1)Nc1ccccc1. The van der Waals surface area contributed by atoms with Crippen molar-refractivity contribution >= 4 is 34.1 Å². The summed E-state index contributed by atoms with van der Waals surface area (Å²) in [6, 6.07) is 15.5. The molecule has 0 bridgehead atoms. The summed E-state index contributed by atoms with van der Waals surface area (Å²) >= 11 is 1.36. The number of anilines is 1. The van der Waals surface area contributed by atoms with Crippen LogP contribution >= 0.6 is 11.8 Å². The number of nitrogens with zero attached hydrogens (tertiary/aromatic N) is 2. The van der Waals surface area contributed by atoms with Gasteiger partial charge in [-0.2, -0.15) is 5.10 Å². The summed E-state index contributed by atoms with van der Waals surface area (Å²) in [6.45, 7) is 0. The van der Waals surface area contributed by atoms with Crippen LogP contribution in [0, 0.1) is 5.82 Å². The van der Waals surface area contributed by atoms with Crippen molar-refractivity contribution in [2.75, 3.05) is 11.1 Å². The second-order valence-corrected chi connectivity index (χ2v) is 5.98. The van der Waals surface area contributed by atoms with Gasteiger partial charge in [0.15, 0.2) is 0 Å². The Bertz CT molecular complexity index is 757. The molecular formula is C17H14FN3OS. The van der Waals surface area contributed by atoms with Gasteiger partial charge >= 0.3 is 0 Å². The molecule has 0 aromatic heterocycles. The summed E-state index contributed by atoms with van der Waals surface area (Å²) in [4.78, 5) is 11.9. The van der Waals surface area contributed by atoms with E-state index >= 15 is 0 Å². The maximum absolute atomic E-state index is 12.9. The van der Waals surface area contributed by atoms with Gasteiger partial charge in [0.2, 0.25) is 5.91 Å². The van der Waals surface area contributed by atoms with Gasteiger partial charge in [0.05, 0.1) is 11.5 Å². The number of hydrogen-bond acceptors (Lipinski definition) is 4. The lowest BCUT2D eigenvalue weighted by atomic mass is 10.1. The standard InChI is InChI=1S/C17H14FN3OS/c18-13-8-6-12(7-9-13)15-10-17(21-20-15)23-11-16(22)19-14-4-2-1-3-5-14/h1-9H,10-11H2,(H,19,22). The van der Waals surface area contributed by atoms with E-state index in [9.17, 15) is 9.18 Å². The Morgan fingerprint density at radius 2 is 1.83 bits per heavy atom. The second kappa shape index (κ2) is 7.19. The van der Waals surface area contributed by atoms with Gasteiger partial charge in [0, 0.05) is 12.1 Å². The van der Waals surface area contributed by atoms with E-state index in [-0.39, 0.29) is 17.5 Å². The number of nitrogens with one attached hydrogen (secondary N) is 1. The number of para-hydroxylation sites is 1. The summed E-state index contributed by atoms with van der Waals surface area (Å²) < 4.78 is 12.9. The Morgan fingerprint density at radius 3 is 2.57 bits per heavy atom. The Hall–Kier alpha value is -2.47. The van der Waals surface area contributed by atoms with E-state index in [1.54, 1.807) is 12.1 Å². The molecule has 0 radical (unpaired) electrons. The molecule has 0 spiro atoms. The van der Waals surface area contributed by atoms with E-state index in [0.29, 0.717) is 6.42 Å². The van der Waals surface area contributed by atoms with Crippen molar-refractivity contribution in [2.24, 2.45) is 10.2 Å². The highest BCUT2D eigenvalue weighted by Gasteiger charge is 2.16. The van der Waals surface area contributed by atoms with Crippen molar-refractivity contribution in [1.82, 2.24) is 0 Å². The van der Waals surface area contributed by atoms with E-state index in [4.69, 9.17) is 0 Å². The number of amides is 1. The molecule has 1 heterocycles. The molecule has 23 heavy (non-hydrogen) atoms. The Labute approximate surface area is 137 Å². The second-order valence-electron chi connectivity index (χ2n) is 4.93. The molecule has 0 atom stereocenters. The highest BCUT2D eigenvalue weighted by molar-refractivity contribution is 8.14. The van der Waals surface area contributed by atoms with Crippen molar-refractivity contribution in [3.05, 3.63) is 66.0 Å². The van der Waals surface area contributed by atoms with Gasteiger partial charge < -0.3 is 5.32 Å². The van der Waals surface area contributed by atoms with Crippen LogP contribution in [0.3, 0.4) is 0 Å². The lowest BCUT2D eigenvalue weighted by molar-refractivity contribution is -0.113. The Morgan fingerprint density at radius 1 is 1.09 bits per heavy atom. The highest BCUT2D eigenvalue weighted by atomic mass is 32.2. The fourth-order valence-corrected chi connectivity index (χ4v) is 2.79. The van der Waals surface area contributed by atoms with Crippen LogP contribution in [-0.2, 0) is 4.79 Å². The first kappa shape index (κ1) is 15.4. The minimum absolute atomic E-state index is 0.0841. The molecule has 3 rings (SSSR count). The molecule has 0 saturated carbocycles. The van der Waals surface area contributed by atoms with Crippen molar-refractivity contribution in [3.8, 4) is 0 Å². The fourth-order valence-electron chi connectivity index (χ4n) is 2.08. The molecule has 2 aromatic carbocycles. The van der Waals surface area contributed by atoms with Crippen molar-refractivity contribution in [3.63, 3.8) is 0 Å². The van der Waals surface area contributed by atoms with Gasteiger partial charge in [-0.3, -0.25) is 4.79 Å². The zero-order valence-electron chi connectivity index (χ0n) is 12.2. The molecule has 6 heteroatoms. The third-order valence-corrected chi connectivity index (χ3v) is 4.17. The first-order chi connectivity index (χ1) is 11.2. The Kier molecular flexibility index (Phi) is 4.83. The molecule has 0 fully saturated rings. The van der Waals surface area contributed by atoms with Crippen LogP contribution in [0.15, 0.2) is 64.8 Å². The molecule has 2 aromatic rings. The third-order valence-electron chi connectivity index (χ3n) is 3.21. The molecule has 1 aliphatic rings. The van der Waals surface area contributed by atoms with Crippen molar-refractivity contribution < 1.29 is 9.18 Å². The summed E-state index contributed by atoms with van der Waals surface area (Å²) in [7, 11) is 0. The average Bonchev–Trinajstić information content (AvgIpc) is 3.04. The first-order valence-corrected chi connectivity index (χ1v) is 8.06. The maximum atomic E-state index is 12.9. The van der Waals surface area contributed by atoms with Gasteiger partial charge in [-0.25, -0.2) is 4.39 Å². The third kappa shape index (κ3) is 4.26. The van der Waals surface area contributed by atoms with Gasteiger partial charge in [-0.15, -0.1) is 5.10 Å². The molecular weight excluding hydrogens is 313 g/mol. The normalized spacial score (nSPS) is 13.4. The predicted molar refractivity (Wildman–Crippen MR) is 92.5 cm³/mol. The van der Waals surface area contributed by atoms with Crippen LogP contribution in [0.25, 0.3) is 0 Å². The predicted octanol–water partition coefficient (Wildman–Crippen LogP) is 3.70. The van der Waals surface area contributed by atoms with E-state index in [1.165, 1.54) is 23.9 Å². The number of carbonyl (C=O) groups is 1. The van der Waals surface area contributed by atoms with E-state index in [0.717, 1.165) is 22.0 Å². The molecule has 0 aliphatic carbocycles. The molecule has 0 unspecified atom stereocenters. The van der Waals surface area contributed by atoms with E-state index in [1.807, 2.05) is 30.3 Å². The van der Waals surface area contributed by atoms with Crippen LogP contribution in [0.1, 0.15) is 12.0 Å². The largest absolute Gasteiger partial charge is 0.325 e. The number of hydrogen-bond donors (Lipinski definition) is 1. The number of carbonyl (C=O) groups excluding carboxylic acids is 1. The molecule has 0 saturated heterocycles. The van der Waals surface area contributed by atoms with Gasteiger partial charge in [-0.05, 0) is 29.8 Å². The Balaban J connectivity index is 1.47. The summed E-state index contributed by atoms with van der Waals surface area (Å²) in [5.41, 5.74) is 2.41.